The van der Waals surface area contributed by atoms with Gasteiger partial charge < -0.3 is 4.98 Å². The van der Waals surface area contributed by atoms with E-state index in [0.717, 1.165) is 17.8 Å². The third-order valence-corrected chi connectivity index (χ3v) is 1.92. The molecule has 66 valence electrons. The number of hydrogen-bond donors (Lipinski definition) is 1. The normalized spacial score (nSPS) is 10.7. The zero-order valence-electron chi connectivity index (χ0n) is 7.85. The van der Waals surface area contributed by atoms with Crippen LogP contribution in [0.25, 0.3) is 0 Å². The van der Waals surface area contributed by atoms with Gasteiger partial charge in [-0.05, 0) is 12.3 Å². The van der Waals surface area contributed by atoms with Gasteiger partial charge in [-0.1, -0.05) is 20.8 Å². The van der Waals surface area contributed by atoms with Crippen LogP contribution in [0.1, 0.15) is 38.1 Å². The van der Waals surface area contributed by atoms with Gasteiger partial charge in [0.05, 0.1) is 0 Å². The van der Waals surface area contributed by atoms with Crippen LogP contribution in [-0.2, 0) is 6.42 Å². The molecule has 2 heteroatoms. The first-order valence-corrected chi connectivity index (χ1v) is 4.36. The number of nitrogens with one attached hydrogen (secondary N) is 1. The maximum Gasteiger partial charge on any atom is 0.182 e. The highest BCUT2D eigenvalue weighted by Gasteiger charge is 2.01. The van der Waals surface area contributed by atoms with E-state index in [1.165, 1.54) is 0 Å². The van der Waals surface area contributed by atoms with E-state index in [4.69, 9.17) is 0 Å². The molecule has 0 fully saturated rings. The second-order valence-corrected chi connectivity index (χ2v) is 3.30. The molecule has 2 nitrogen and oxygen atoms in total. The molecule has 0 saturated heterocycles. The number of aromatic amines is 1. The van der Waals surface area contributed by atoms with Gasteiger partial charge in [0.1, 0.15) is 0 Å². The van der Waals surface area contributed by atoms with E-state index in [1.807, 2.05) is 6.92 Å². The van der Waals surface area contributed by atoms with Gasteiger partial charge in [-0.3, -0.25) is 4.79 Å². The fourth-order valence-electron chi connectivity index (χ4n) is 1.13. The van der Waals surface area contributed by atoms with Crippen LogP contribution in [0.4, 0.5) is 0 Å². The molecule has 0 aliphatic carbocycles. The van der Waals surface area contributed by atoms with E-state index in [1.54, 1.807) is 12.1 Å². The average molecular weight is 165 g/mol. The van der Waals surface area contributed by atoms with Crippen molar-refractivity contribution >= 4 is 0 Å². The van der Waals surface area contributed by atoms with E-state index in [-0.39, 0.29) is 5.43 Å². The van der Waals surface area contributed by atoms with Crippen LogP contribution in [0.5, 0.6) is 0 Å². The van der Waals surface area contributed by atoms with Crippen LogP contribution in [-0.4, -0.2) is 4.98 Å². The number of aryl methyl sites for hydroxylation is 1. The topological polar surface area (TPSA) is 32.9 Å². The number of pyridine rings is 1. The summed E-state index contributed by atoms with van der Waals surface area (Å²) in [5.74, 6) is 0.393. The second kappa shape index (κ2) is 3.57. The number of hydrogen-bond acceptors (Lipinski definition) is 1. The molecule has 0 bridgehead atoms. The van der Waals surface area contributed by atoms with Crippen LogP contribution < -0.4 is 5.43 Å². The largest absolute Gasteiger partial charge is 0.362 e. The van der Waals surface area contributed by atoms with Crippen molar-refractivity contribution in [1.29, 1.82) is 0 Å². The Balaban J connectivity index is 3.15. The Morgan fingerprint density at radius 1 is 1.42 bits per heavy atom. The summed E-state index contributed by atoms with van der Waals surface area (Å²) in [6.45, 7) is 6.19. The summed E-state index contributed by atoms with van der Waals surface area (Å²) in [6.07, 6.45) is 0.885. The van der Waals surface area contributed by atoms with Crippen molar-refractivity contribution in [3.05, 3.63) is 33.7 Å². The van der Waals surface area contributed by atoms with Crippen LogP contribution in [0.3, 0.4) is 0 Å². The summed E-state index contributed by atoms with van der Waals surface area (Å²) in [4.78, 5) is 14.4. The molecular weight excluding hydrogens is 150 g/mol. The maximum absolute atomic E-state index is 11.2. The molecule has 0 spiro atoms. The predicted molar refractivity (Wildman–Crippen MR) is 50.5 cm³/mol. The molecule has 0 aliphatic rings. The minimum atomic E-state index is 0.106. The molecule has 0 radical (unpaired) electrons. The Morgan fingerprint density at radius 2 is 2.08 bits per heavy atom. The van der Waals surface area contributed by atoms with Crippen molar-refractivity contribution in [1.82, 2.24) is 4.98 Å². The molecule has 1 aromatic heterocycles. The van der Waals surface area contributed by atoms with E-state index in [2.05, 4.69) is 18.8 Å². The van der Waals surface area contributed by atoms with Crippen LogP contribution >= 0.6 is 0 Å². The minimum absolute atomic E-state index is 0.106. The quantitative estimate of drug-likeness (QED) is 0.714. The molecule has 0 unspecified atom stereocenters. The van der Waals surface area contributed by atoms with Crippen LogP contribution in [0.15, 0.2) is 16.9 Å². The molecule has 0 amide bonds. The Kier molecular flexibility index (Phi) is 2.69. The van der Waals surface area contributed by atoms with Crippen molar-refractivity contribution in [2.45, 2.75) is 33.1 Å². The Morgan fingerprint density at radius 3 is 2.58 bits per heavy atom. The summed E-state index contributed by atoms with van der Waals surface area (Å²) in [6, 6.07) is 3.33. The van der Waals surface area contributed by atoms with Crippen molar-refractivity contribution in [3.8, 4) is 0 Å². The van der Waals surface area contributed by atoms with Crippen molar-refractivity contribution in [2.24, 2.45) is 0 Å². The molecular formula is C10H15NO. The lowest BCUT2D eigenvalue weighted by Gasteiger charge is -2.06. The lowest BCUT2D eigenvalue weighted by atomic mass is 10.1. The van der Waals surface area contributed by atoms with Gasteiger partial charge in [-0.25, -0.2) is 0 Å². The Bertz CT molecular complexity index is 312. The first-order chi connectivity index (χ1) is 5.63. The molecule has 1 aromatic rings. The van der Waals surface area contributed by atoms with Crippen molar-refractivity contribution < 1.29 is 0 Å². The Labute approximate surface area is 72.6 Å². The van der Waals surface area contributed by atoms with Gasteiger partial charge in [0.25, 0.3) is 0 Å². The summed E-state index contributed by atoms with van der Waals surface area (Å²) < 4.78 is 0. The smallest absolute Gasteiger partial charge is 0.182 e. The van der Waals surface area contributed by atoms with Gasteiger partial charge in [0.2, 0.25) is 0 Å². The summed E-state index contributed by atoms with van der Waals surface area (Å²) in [5, 5.41) is 0. The van der Waals surface area contributed by atoms with Gasteiger partial charge in [-0.15, -0.1) is 0 Å². The maximum atomic E-state index is 11.2. The van der Waals surface area contributed by atoms with Crippen LogP contribution in [0.2, 0.25) is 0 Å². The average Bonchev–Trinajstić information content (AvgIpc) is 2.03. The molecule has 0 aliphatic heterocycles. The standard InChI is InChI=1S/C10H15NO/c1-4-8-5-9(12)6-10(11-8)7(2)3/h5-7H,4H2,1-3H3,(H,11,12). The highest BCUT2D eigenvalue weighted by Crippen LogP contribution is 2.09. The molecule has 1 N–H and O–H groups in total. The second-order valence-electron chi connectivity index (χ2n) is 3.30. The molecule has 12 heavy (non-hydrogen) atoms. The van der Waals surface area contributed by atoms with E-state index >= 15 is 0 Å². The van der Waals surface area contributed by atoms with Crippen molar-refractivity contribution in [2.75, 3.05) is 0 Å². The van der Waals surface area contributed by atoms with Crippen LogP contribution in [0, 0.1) is 0 Å². The molecule has 0 saturated carbocycles. The fraction of sp³-hybridized carbons (Fsp3) is 0.500. The highest BCUT2D eigenvalue weighted by molar-refractivity contribution is 5.13. The highest BCUT2D eigenvalue weighted by atomic mass is 16.1. The predicted octanol–water partition coefficient (Wildman–Crippen LogP) is 2.06. The number of aromatic nitrogens is 1. The summed E-state index contributed by atoms with van der Waals surface area (Å²) >= 11 is 0. The summed E-state index contributed by atoms with van der Waals surface area (Å²) in [7, 11) is 0. The minimum Gasteiger partial charge on any atom is -0.362 e. The fourth-order valence-corrected chi connectivity index (χ4v) is 1.13. The SMILES string of the molecule is CCc1cc(=O)cc(C(C)C)[nH]1. The monoisotopic (exact) mass is 165 g/mol. The lowest BCUT2D eigenvalue weighted by molar-refractivity contribution is 0.804. The van der Waals surface area contributed by atoms with Gasteiger partial charge in [0.15, 0.2) is 5.43 Å². The van der Waals surface area contributed by atoms with Gasteiger partial charge in [-0.2, -0.15) is 0 Å². The first-order valence-electron chi connectivity index (χ1n) is 4.36. The molecule has 0 aromatic carbocycles. The van der Waals surface area contributed by atoms with Gasteiger partial charge in [0, 0.05) is 23.5 Å². The lowest BCUT2D eigenvalue weighted by Crippen LogP contribution is -2.06. The van der Waals surface area contributed by atoms with E-state index < -0.39 is 0 Å². The zero-order chi connectivity index (χ0) is 9.14. The van der Waals surface area contributed by atoms with E-state index in [0.29, 0.717) is 5.92 Å². The third-order valence-electron chi connectivity index (χ3n) is 1.92. The summed E-state index contributed by atoms with van der Waals surface area (Å²) in [5.41, 5.74) is 2.15. The zero-order valence-corrected chi connectivity index (χ0v) is 7.85. The third kappa shape index (κ3) is 1.97. The molecule has 0 atom stereocenters. The number of H-pyrrole nitrogens is 1. The first kappa shape index (κ1) is 9.04. The van der Waals surface area contributed by atoms with Gasteiger partial charge >= 0.3 is 0 Å². The van der Waals surface area contributed by atoms with E-state index in [9.17, 15) is 4.79 Å². The van der Waals surface area contributed by atoms with Crippen molar-refractivity contribution in [3.63, 3.8) is 0 Å². The molecule has 1 rings (SSSR count). The number of rotatable bonds is 2. The molecule has 1 heterocycles. The Hall–Kier alpha value is -1.05.